The van der Waals surface area contributed by atoms with Gasteiger partial charge in [-0.1, -0.05) is 6.07 Å². The van der Waals surface area contributed by atoms with Crippen LogP contribution in [0.2, 0.25) is 0 Å². The van der Waals surface area contributed by atoms with E-state index in [4.69, 9.17) is 10.5 Å². The molecule has 29 heavy (non-hydrogen) atoms. The lowest BCUT2D eigenvalue weighted by atomic mass is 10.1. The first-order valence-corrected chi connectivity index (χ1v) is 9.93. The molecule has 0 spiro atoms. The third-order valence-corrected chi connectivity index (χ3v) is 4.22. The standard InChI is InChI=1S/C21H34FN5O2/c1-20(2,3)25-18(23)24-14-15-7-8-17(16(22)13-15)26-9-11-27(12-10-26)19(28)29-21(4,5)6/h7-8,13H,9-12,14H2,1-6H3,(H3,23,24,25). The van der Waals surface area contributed by atoms with Gasteiger partial charge in [-0.3, -0.25) is 0 Å². The summed E-state index contributed by atoms with van der Waals surface area (Å²) in [7, 11) is 0. The summed E-state index contributed by atoms with van der Waals surface area (Å²) >= 11 is 0. The molecule has 1 heterocycles. The zero-order valence-corrected chi connectivity index (χ0v) is 18.4. The molecule has 1 aromatic carbocycles. The van der Waals surface area contributed by atoms with Gasteiger partial charge in [0.15, 0.2) is 5.96 Å². The Morgan fingerprint density at radius 1 is 1.17 bits per heavy atom. The number of aliphatic imine (C=N–C) groups is 1. The van der Waals surface area contributed by atoms with Gasteiger partial charge in [0, 0.05) is 31.7 Å². The van der Waals surface area contributed by atoms with E-state index in [1.54, 1.807) is 11.0 Å². The molecular weight excluding hydrogens is 373 g/mol. The van der Waals surface area contributed by atoms with Gasteiger partial charge in [-0.05, 0) is 59.2 Å². The fourth-order valence-corrected chi connectivity index (χ4v) is 2.96. The minimum Gasteiger partial charge on any atom is -0.444 e. The summed E-state index contributed by atoms with van der Waals surface area (Å²) in [5.74, 6) is 0.0334. The van der Waals surface area contributed by atoms with Crippen molar-refractivity contribution in [2.45, 2.75) is 59.2 Å². The Kier molecular flexibility index (Phi) is 6.97. The van der Waals surface area contributed by atoms with Crippen LogP contribution in [0.5, 0.6) is 0 Å². The van der Waals surface area contributed by atoms with Crippen LogP contribution in [0, 0.1) is 5.82 Å². The highest BCUT2D eigenvalue weighted by Crippen LogP contribution is 2.23. The number of amides is 1. The Morgan fingerprint density at radius 3 is 2.31 bits per heavy atom. The molecule has 162 valence electrons. The molecule has 1 fully saturated rings. The lowest BCUT2D eigenvalue weighted by molar-refractivity contribution is 0.0240. The highest BCUT2D eigenvalue weighted by molar-refractivity contribution is 5.78. The zero-order valence-electron chi connectivity index (χ0n) is 18.4. The van der Waals surface area contributed by atoms with Crippen molar-refractivity contribution in [2.75, 3.05) is 31.1 Å². The highest BCUT2D eigenvalue weighted by Gasteiger charge is 2.26. The average Bonchev–Trinajstić information content (AvgIpc) is 2.57. The number of halogens is 1. The van der Waals surface area contributed by atoms with E-state index in [1.807, 2.05) is 52.5 Å². The van der Waals surface area contributed by atoms with E-state index in [1.165, 1.54) is 6.07 Å². The van der Waals surface area contributed by atoms with E-state index < -0.39 is 5.60 Å². The number of guanidine groups is 1. The Hall–Kier alpha value is -2.51. The Bertz CT molecular complexity index is 744. The van der Waals surface area contributed by atoms with Crippen LogP contribution in [0.25, 0.3) is 0 Å². The van der Waals surface area contributed by atoms with Gasteiger partial charge in [-0.25, -0.2) is 14.2 Å². The molecule has 0 atom stereocenters. The summed E-state index contributed by atoms with van der Waals surface area (Å²) in [5.41, 5.74) is 6.44. The molecule has 0 radical (unpaired) electrons. The molecule has 1 aliphatic rings. The number of carbonyl (C=O) groups is 1. The van der Waals surface area contributed by atoms with Gasteiger partial charge in [0.2, 0.25) is 0 Å². The van der Waals surface area contributed by atoms with Crippen LogP contribution in [0.15, 0.2) is 23.2 Å². The number of ether oxygens (including phenoxy) is 1. The normalized spacial score (nSPS) is 16.0. The Balaban J connectivity index is 1.94. The van der Waals surface area contributed by atoms with Gasteiger partial charge >= 0.3 is 6.09 Å². The number of piperazine rings is 1. The molecule has 0 unspecified atom stereocenters. The maximum absolute atomic E-state index is 14.7. The molecule has 0 aromatic heterocycles. The number of anilines is 1. The lowest BCUT2D eigenvalue weighted by Gasteiger charge is -2.36. The van der Waals surface area contributed by atoms with Gasteiger partial charge in [0.25, 0.3) is 0 Å². The summed E-state index contributed by atoms with van der Waals surface area (Å²) in [4.78, 5) is 20.0. The predicted molar refractivity (Wildman–Crippen MR) is 115 cm³/mol. The molecule has 8 heteroatoms. The first-order valence-electron chi connectivity index (χ1n) is 9.93. The second-order valence-electron chi connectivity index (χ2n) is 9.32. The first kappa shape index (κ1) is 22.8. The van der Waals surface area contributed by atoms with Crippen molar-refractivity contribution in [2.24, 2.45) is 10.7 Å². The van der Waals surface area contributed by atoms with Gasteiger partial charge in [-0.2, -0.15) is 0 Å². The van der Waals surface area contributed by atoms with Crippen molar-refractivity contribution in [3.8, 4) is 0 Å². The molecule has 3 N–H and O–H groups in total. The summed E-state index contributed by atoms with van der Waals surface area (Å²) in [6.45, 7) is 13.9. The topological polar surface area (TPSA) is 83.2 Å². The molecule has 1 aromatic rings. The van der Waals surface area contributed by atoms with Crippen LogP contribution >= 0.6 is 0 Å². The van der Waals surface area contributed by atoms with Crippen LogP contribution < -0.4 is 16.0 Å². The van der Waals surface area contributed by atoms with Crippen molar-refractivity contribution >= 4 is 17.7 Å². The van der Waals surface area contributed by atoms with Crippen molar-refractivity contribution < 1.29 is 13.9 Å². The summed E-state index contributed by atoms with van der Waals surface area (Å²) in [6.07, 6.45) is -0.327. The Morgan fingerprint density at radius 2 is 1.79 bits per heavy atom. The van der Waals surface area contributed by atoms with Gasteiger partial charge < -0.3 is 25.6 Å². The number of nitrogens with two attached hydrogens (primary N) is 1. The summed E-state index contributed by atoms with van der Waals surface area (Å²) in [6, 6.07) is 5.10. The lowest BCUT2D eigenvalue weighted by Crippen LogP contribution is -2.50. The number of hydrogen-bond acceptors (Lipinski definition) is 4. The second kappa shape index (κ2) is 8.88. The Labute approximate surface area is 173 Å². The van der Waals surface area contributed by atoms with E-state index in [0.717, 1.165) is 5.56 Å². The van der Waals surface area contributed by atoms with Crippen LogP contribution in [-0.2, 0) is 11.3 Å². The molecule has 1 aliphatic heterocycles. The molecule has 1 saturated heterocycles. The fraction of sp³-hybridized carbons (Fsp3) is 0.619. The molecule has 1 amide bonds. The van der Waals surface area contributed by atoms with Crippen LogP contribution in [0.3, 0.4) is 0 Å². The maximum atomic E-state index is 14.7. The SMILES string of the molecule is CC(C)(C)NC(N)=NCc1ccc(N2CCN(C(=O)OC(C)(C)C)CC2)c(F)c1. The van der Waals surface area contributed by atoms with Crippen LogP contribution in [0.4, 0.5) is 14.9 Å². The number of nitrogens with one attached hydrogen (secondary N) is 1. The van der Waals surface area contributed by atoms with Crippen molar-refractivity contribution in [3.63, 3.8) is 0 Å². The van der Waals surface area contributed by atoms with Gasteiger partial charge in [0.05, 0.1) is 12.2 Å². The molecule has 0 saturated carbocycles. The predicted octanol–water partition coefficient (Wildman–Crippen LogP) is 3.09. The third kappa shape index (κ3) is 7.44. The van der Waals surface area contributed by atoms with Crippen molar-refractivity contribution in [1.82, 2.24) is 10.2 Å². The summed E-state index contributed by atoms with van der Waals surface area (Å²) in [5, 5.41) is 3.08. The maximum Gasteiger partial charge on any atom is 0.410 e. The van der Waals surface area contributed by atoms with E-state index in [0.29, 0.717) is 44.4 Å². The quantitative estimate of drug-likeness (QED) is 0.594. The highest BCUT2D eigenvalue weighted by atomic mass is 19.1. The van der Waals surface area contributed by atoms with E-state index >= 15 is 0 Å². The number of rotatable bonds is 3. The smallest absolute Gasteiger partial charge is 0.410 e. The van der Waals surface area contributed by atoms with E-state index in [-0.39, 0.29) is 17.4 Å². The molecule has 0 bridgehead atoms. The molecule has 7 nitrogen and oxygen atoms in total. The van der Waals surface area contributed by atoms with Crippen molar-refractivity contribution in [3.05, 3.63) is 29.6 Å². The van der Waals surface area contributed by atoms with Crippen LogP contribution in [0.1, 0.15) is 47.1 Å². The van der Waals surface area contributed by atoms with E-state index in [9.17, 15) is 9.18 Å². The minimum atomic E-state index is -0.523. The molecule has 2 rings (SSSR count). The molecule has 0 aliphatic carbocycles. The first-order chi connectivity index (χ1) is 13.3. The molecular formula is C21H34FN5O2. The monoisotopic (exact) mass is 407 g/mol. The fourth-order valence-electron chi connectivity index (χ4n) is 2.96. The van der Waals surface area contributed by atoms with Crippen molar-refractivity contribution in [1.29, 1.82) is 0 Å². The average molecular weight is 408 g/mol. The van der Waals surface area contributed by atoms with Gasteiger partial charge in [0.1, 0.15) is 11.4 Å². The number of hydrogen-bond donors (Lipinski definition) is 2. The number of benzene rings is 1. The van der Waals surface area contributed by atoms with Crippen LogP contribution in [-0.4, -0.2) is 54.3 Å². The zero-order chi connectivity index (χ0) is 21.8. The minimum absolute atomic E-state index is 0.176. The number of nitrogens with zero attached hydrogens (tertiary/aromatic N) is 3. The number of carbonyl (C=O) groups excluding carboxylic acids is 1. The largest absolute Gasteiger partial charge is 0.444 e. The summed E-state index contributed by atoms with van der Waals surface area (Å²) < 4.78 is 20.1. The third-order valence-electron chi connectivity index (χ3n) is 4.22. The second-order valence-corrected chi connectivity index (χ2v) is 9.32. The van der Waals surface area contributed by atoms with E-state index in [2.05, 4.69) is 10.3 Å². The van der Waals surface area contributed by atoms with Gasteiger partial charge in [-0.15, -0.1) is 0 Å².